The summed E-state index contributed by atoms with van der Waals surface area (Å²) < 4.78 is 1.56. The normalized spacial score (nSPS) is 16.1. The molecule has 1 fully saturated rings. The molecular formula is C13H22N4O. The second-order valence-electron chi connectivity index (χ2n) is 5.16. The zero-order valence-electron chi connectivity index (χ0n) is 11.0. The van der Waals surface area contributed by atoms with Crippen LogP contribution in [-0.4, -0.2) is 22.2 Å². The number of aryl methyl sites for hydroxylation is 1. The number of aromatic nitrogens is 2. The van der Waals surface area contributed by atoms with Gasteiger partial charge in [0.15, 0.2) is 5.69 Å². The first kappa shape index (κ1) is 12.9. The zero-order chi connectivity index (χ0) is 13.0. The molecule has 5 heteroatoms. The molecule has 1 aliphatic carbocycles. The lowest BCUT2D eigenvalue weighted by Crippen LogP contribution is -2.26. The summed E-state index contributed by atoms with van der Waals surface area (Å²) in [7, 11) is 1.76. The first-order valence-electron chi connectivity index (χ1n) is 6.74. The molecule has 1 heterocycles. The van der Waals surface area contributed by atoms with E-state index in [-0.39, 0.29) is 5.91 Å². The Balaban J connectivity index is 1.70. The van der Waals surface area contributed by atoms with Gasteiger partial charge in [0.05, 0.1) is 5.69 Å². The summed E-state index contributed by atoms with van der Waals surface area (Å²) in [5.41, 5.74) is 6.47. The fourth-order valence-electron chi connectivity index (χ4n) is 2.66. The fourth-order valence-corrected chi connectivity index (χ4v) is 2.66. The first-order valence-corrected chi connectivity index (χ1v) is 6.74. The molecule has 0 aliphatic heterocycles. The van der Waals surface area contributed by atoms with Gasteiger partial charge in [0, 0.05) is 19.8 Å². The molecule has 1 aliphatic rings. The molecule has 0 bridgehead atoms. The van der Waals surface area contributed by atoms with Crippen LogP contribution in [-0.2, 0) is 7.05 Å². The Morgan fingerprint density at radius 3 is 2.89 bits per heavy atom. The van der Waals surface area contributed by atoms with Gasteiger partial charge in [0.25, 0.3) is 5.91 Å². The van der Waals surface area contributed by atoms with E-state index >= 15 is 0 Å². The molecule has 1 amide bonds. The highest BCUT2D eigenvalue weighted by Gasteiger charge is 2.15. The Hall–Kier alpha value is -1.52. The van der Waals surface area contributed by atoms with E-state index in [0.29, 0.717) is 17.9 Å². The number of nitrogen functional groups attached to an aromatic ring is 1. The number of nitrogens with two attached hydrogens (primary N) is 1. The largest absolute Gasteiger partial charge is 0.396 e. The lowest BCUT2D eigenvalue weighted by Gasteiger charge is -2.08. The Bertz CT molecular complexity index is 407. The number of amides is 1. The molecule has 0 spiro atoms. The molecule has 0 radical (unpaired) electrons. The van der Waals surface area contributed by atoms with Crippen LogP contribution in [0.25, 0.3) is 0 Å². The third kappa shape index (κ3) is 3.24. The summed E-state index contributed by atoms with van der Waals surface area (Å²) in [5, 5.41) is 6.93. The highest BCUT2D eigenvalue weighted by atomic mass is 16.1. The molecule has 2 rings (SSSR count). The summed E-state index contributed by atoms with van der Waals surface area (Å²) in [6.45, 7) is 0.714. The highest BCUT2D eigenvalue weighted by Crippen LogP contribution is 2.28. The smallest absolute Gasteiger partial charge is 0.273 e. The summed E-state index contributed by atoms with van der Waals surface area (Å²) >= 11 is 0. The molecule has 0 saturated heterocycles. The second kappa shape index (κ2) is 5.89. The van der Waals surface area contributed by atoms with Crippen molar-refractivity contribution in [2.24, 2.45) is 13.0 Å². The van der Waals surface area contributed by atoms with Crippen LogP contribution < -0.4 is 11.1 Å². The van der Waals surface area contributed by atoms with Crippen molar-refractivity contribution in [3.05, 3.63) is 11.9 Å². The summed E-state index contributed by atoms with van der Waals surface area (Å²) in [6, 6.07) is 0. The maximum atomic E-state index is 11.8. The van der Waals surface area contributed by atoms with Gasteiger partial charge in [0.1, 0.15) is 0 Å². The number of carbonyl (C=O) groups is 1. The maximum absolute atomic E-state index is 11.8. The minimum Gasteiger partial charge on any atom is -0.396 e. The number of hydrogen-bond donors (Lipinski definition) is 2. The quantitative estimate of drug-likeness (QED) is 0.781. The number of hydrogen-bond acceptors (Lipinski definition) is 3. The third-order valence-corrected chi connectivity index (χ3v) is 3.62. The molecule has 0 aromatic carbocycles. The van der Waals surface area contributed by atoms with Crippen LogP contribution in [0, 0.1) is 5.92 Å². The van der Waals surface area contributed by atoms with Crippen LogP contribution in [0.5, 0.6) is 0 Å². The minimum atomic E-state index is -0.167. The van der Waals surface area contributed by atoms with E-state index in [4.69, 9.17) is 5.73 Å². The molecule has 1 aromatic rings. The number of anilines is 1. The zero-order valence-corrected chi connectivity index (χ0v) is 11.0. The lowest BCUT2D eigenvalue weighted by atomic mass is 10.0. The monoisotopic (exact) mass is 250 g/mol. The fraction of sp³-hybridized carbons (Fsp3) is 0.692. The molecule has 3 N–H and O–H groups in total. The van der Waals surface area contributed by atoms with E-state index in [1.54, 1.807) is 17.9 Å². The van der Waals surface area contributed by atoms with Crippen LogP contribution in [0.1, 0.15) is 49.0 Å². The SMILES string of the molecule is Cn1cc(N)c(C(=O)NCCCC2CCCC2)n1. The predicted octanol–water partition coefficient (Wildman–Crippen LogP) is 1.70. The van der Waals surface area contributed by atoms with Crippen LogP contribution in [0.4, 0.5) is 5.69 Å². The van der Waals surface area contributed by atoms with Crippen LogP contribution in [0.2, 0.25) is 0 Å². The van der Waals surface area contributed by atoms with Gasteiger partial charge in [-0.25, -0.2) is 0 Å². The van der Waals surface area contributed by atoms with Crippen molar-refractivity contribution < 1.29 is 4.79 Å². The number of nitrogens with zero attached hydrogens (tertiary/aromatic N) is 2. The topological polar surface area (TPSA) is 72.9 Å². The van der Waals surface area contributed by atoms with E-state index in [1.165, 1.54) is 32.1 Å². The Morgan fingerprint density at radius 2 is 2.28 bits per heavy atom. The maximum Gasteiger partial charge on any atom is 0.273 e. The molecule has 18 heavy (non-hydrogen) atoms. The molecule has 5 nitrogen and oxygen atoms in total. The molecular weight excluding hydrogens is 228 g/mol. The van der Waals surface area contributed by atoms with Gasteiger partial charge in [-0.1, -0.05) is 25.7 Å². The first-order chi connectivity index (χ1) is 8.66. The predicted molar refractivity (Wildman–Crippen MR) is 71.1 cm³/mol. The standard InChI is InChI=1S/C13H22N4O/c1-17-9-11(14)12(16-17)13(18)15-8-4-7-10-5-2-3-6-10/h9-10H,2-8,14H2,1H3,(H,15,18). The van der Waals surface area contributed by atoms with Crippen LogP contribution in [0.15, 0.2) is 6.20 Å². The van der Waals surface area contributed by atoms with Crippen molar-refractivity contribution in [3.8, 4) is 0 Å². The summed E-state index contributed by atoms with van der Waals surface area (Å²) in [6.07, 6.45) is 9.39. The summed E-state index contributed by atoms with van der Waals surface area (Å²) in [4.78, 5) is 11.8. The minimum absolute atomic E-state index is 0.167. The van der Waals surface area contributed by atoms with E-state index in [9.17, 15) is 4.79 Å². The van der Waals surface area contributed by atoms with Crippen molar-refractivity contribution >= 4 is 11.6 Å². The number of nitrogens with one attached hydrogen (secondary N) is 1. The molecule has 1 saturated carbocycles. The van der Waals surface area contributed by atoms with Gasteiger partial charge < -0.3 is 11.1 Å². The Kier molecular flexibility index (Phi) is 4.23. The molecule has 0 unspecified atom stereocenters. The summed E-state index contributed by atoms with van der Waals surface area (Å²) in [5.74, 6) is 0.710. The van der Waals surface area contributed by atoms with Gasteiger partial charge in [-0.2, -0.15) is 5.10 Å². The Labute approximate surface area is 108 Å². The van der Waals surface area contributed by atoms with Crippen LogP contribution in [0.3, 0.4) is 0 Å². The van der Waals surface area contributed by atoms with Crippen molar-refractivity contribution in [3.63, 3.8) is 0 Å². The van der Waals surface area contributed by atoms with Gasteiger partial charge in [0.2, 0.25) is 0 Å². The van der Waals surface area contributed by atoms with Crippen molar-refractivity contribution in [2.75, 3.05) is 12.3 Å². The van der Waals surface area contributed by atoms with Crippen molar-refractivity contribution in [1.82, 2.24) is 15.1 Å². The second-order valence-corrected chi connectivity index (χ2v) is 5.16. The van der Waals surface area contributed by atoms with Crippen molar-refractivity contribution in [1.29, 1.82) is 0 Å². The molecule has 100 valence electrons. The molecule has 0 atom stereocenters. The van der Waals surface area contributed by atoms with Gasteiger partial charge >= 0.3 is 0 Å². The van der Waals surface area contributed by atoms with E-state index in [1.807, 2.05) is 0 Å². The van der Waals surface area contributed by atoms with Gasteiger partial charge in [-0.05, 0) is 18.8 Å². The highest BCUT2D eigenvalue weighted by molar-refractivity contribution is 5.96. The van der Waals surface area contributed by atoms with E-state index in [0.717, 1.165) is 12.3 Å². The van der Waals surface area contributed by atoms with Gasteiger partial charge in [-0.15, -0.1) is 0 Å². The number of rotatable bonds is 5. The average molecular weight is 250 g/mol. The van der Waals surface area contributed by atoms with E-state index < -0.39 is 0 Å². The van der Waals surface area contributed by atoms with Gasteiger partial charge in [-0.3, -0.25) is 9.48 Å². The average Bonchev–Trinajstić information content (AvgIpc) is 2.94. The lowest BCUT2D eigenvalue weighted by molar-refractivity contribution is 0.0947. The molecule has 1 aromatic heterocycles. The van der Waals surface area contributed by atoms with Crippen molar-refractivity contribution in [2.45, 2.75) is 38.5 Å². The number of carbonyl (C=O) groups excluding carboxylic acids is 1. The third-order valence-electron chi connectivity index (χ3n) is 3.62. The van der Waals surface area contributed by atoms with Crippen LogP contribution >= 0.6 is 0 Å². The van der Waals surface area contributed by atoms with E-state index in [2.05, 4.69) is 10.4 Å². The Morgan fingerprint density at radius 1 is 1.56 bits per heavy atom.